The molecular formula is C24H21BrN2O5. The zero-order valence-corrected chi connectivity index (χ0v) is 19.3. The highest BCUT2D eigenvalue weighted by Crippen LogP contribution is 2.27. The van der Waals surface area contributed by atoms with Gasteiger partial charge in [-0.25, -0.2) is 10.2 Å². The Hall–Kier alpha value is -3.65. The third kappa shape index (κ3) is 5.73. The van der Waals surface area contributed by atoms with Crippen LogP contribution in [-0.2, 0) is 0 Å². The molecule has 0 bridgehead atoms. The summed E-state index contributed by atoms with van der Waals surface area (Å²) in [6, 6.07) is 17.0. The predicted octanol–water partition coefficient (Wildman–Crippen LogP) is 4.76. The zero-order valence-electron chi connectivity index (χ0n) is 17.7. The van der Waals surface area contributed by atoms with Crippen LogP contribution in [0.15, 0.2) is 70.2 Å². The van der Waals surface area contributed by atoms with Crippen molar-refractivity contribution in [3.8, 4) is 17.2 Å². The Morgan fingerprint density at radius 1 is 0.875 bits per heavy atom. The van der Waals surface area contributed by atoms with Gasteiger partial charge in [-0.15, -0.1) is 0 Å². The molecule has 0 atom stereocenters. The summed E-state index contributed by atoms with van der Waals surface area (Å²) in [6.07, 6.45) is 1.40. The van der Waals surface area contributed by atoms with Gasteiger partial charge in [0.1, 0.15) is 5.75 Å². The van der Waals surface area contributed by atoms with Crippen LogP contribution < -0.4 is 19.6 Å². The van der Waals surface area contributed by atoms with E-state index in [1.165, 1.54) is 20.4 Å². The highest BCUT2D eigenvalue weighted by molar-refractivity contribution is 9.10. The summed E-state index contributed by atoms with van der Waals surface area (Å²) < 4.78 is 16.7. The Morgan fingerprint density at radius 3 is 2.22 bits per heavy atom. The Bertz CT molecular complexity index is 1160. The van der Waals surface area contributed by atoms with Crippen LogP contribution in [0.4, 0.5) is 0 Å². The quantitative estimate of drug-likeness (QED) is 0.220. The maximum Gasteiger partial charge on any atom is 0.343 e. The average molecular weight is 497 g/mol. The van der Waals surface area contributed by atoms with Crippen molar-refractivity contribution in [3.63, 3.8) is 0 Å². The Morgan fingerprint density at radius 2 is 1.53 bits per heavy atom. The van der Waals surface area contributed by atoms with E-state index < -0.39 is 11.9 Å². The number of nitrogens with one attached hydrogen (secondary N) is 1. The Labute approximate surface area is 194 Å². The number of esters is 1. The number of halogens is 1. The number of hydrogen-bond donors (Lipinski definition) is 1. The molecule has 0 saturated heterocycles. The van der Waals surface area contributed by atoms with Crippen LogP contribution in [0.2, 0.25) is 0 Å². The van der Waals surface area contributed by atoms with Gasteiger partial charge in [-0.05, 0) is 55.5 Å². The molecule has 32 heavy (non-hydrogen) atoms. The predicted molar refractivity (Wildman–Crippen MR) is 125 cm³/mol. The van der Waals surface area contributed by atoms with Gasteiger partial charge in [-0.2, -0.15) is 5.10 Å². The first kappa shape index (κ1) is 23.0. The molecule has 3 rings (SSSR count). The fraction of sp³-hybridized carbons (Fsp3) is 0.125. The van der Waals surface area contributed by atoms with Crippen molar-refractivity contribution in [2.24, 2.45) is 5.10 Å². The number of benzene rings is 3. The number of hydrazone groups is 1. The molecule has 0 spiro atoms. The van der Waals surface area contributed by atoms with Crippen molar-refractivity contribution in [1.29, 1.82) is 0 Å². The van der Waals surface area contributed by atoms with Crippen molar-refractivity contribution in [2.45, 2.75) is 6.92 Å². The van der Waals surface area contributed by atoms with Crippen LogP contribution in [0.1, 0.15) is 31.8 Å². The van der Waals surface area contributed by atoms with Gasteiger partial charge in [-0.3, -0.25) is 4.79 Å². The largest absolute Gasteiger partial charge is 0.493 e. The van der Waals surface area contributed by atoms with Crippen molar-refractivity contribution >= 4 is 34.0 Å². The van der Waals surface area contributed by atoms with Gasteiger partial charge >= 0.3 is 5.97 Å². The second kappa shape index (κ2) is 10.6. The minimum Gasteiger partial charge on any atom is -0.493 e. The molecule has 0 aliphatic carbocycles. The van der Waals surface area contributed by atoms with Crippen LogP contribution in [0.5, 0.6) is 17.2 Å². The lowest BCUT2D eigenvalue weighted by Gasteiger charge is -2.09. The molecule has 1 amide bonds. The molecule has 0 unspecified atom stereocenters. The lowest BCUT2D eigenvalue weighted by Crippen LogP contribution is -2.18. The van der Waals surface area contributed by atoms with Crippen molar-refractivity contribution in [3.05, 3.63) is 87.4 Å². The minimum absolute atomic E-state index is 0.308. The smallest absolute Gasteiger partial charge is 0.343 e. The third-order valence-electron chi connectivity index (χ3n) is 4.48. The summed E-state index contributed by atoms with van der Waals surface area (Å²) in [4.78, 5) is 24.9. The van der Waals surface area contributed by atoms with Crippen LogP contribution in [0.25, 0.3) is 0 Å². The van der Waals surface area contributed by atoms with E-state index in [2.05, 4.69) is 26.5 Å². The van der Waals surface area contributed by atoms with E-state index in [-0.39, 0.29) is 0 Å². The van der Waals surface area contributed by atoms with E-state index in [0.29, 0.717) is 33.9 Å². The number of ether oxygens (including phenoxy) is 3. The summed E-state index contributed by atoms with van der Waals surface area (Å²) in [6.45, 7) is 1.94. The first-order valence-corrected chi connectivity index (χ1v) is 10.3. The number of rotatable bonds is 7. The number of nitrogens with zero attached hydrogens (tertiary/aromatic N) is 1. The van der Waals surface area contributed by atoms with Crippen molar-refractivity contribution < 1.29 is 23.8 Å². The van der Waals surface area contributed by atoms with Gasteiger partial charge in [0.2, 0.25) is 0 Å². The zero-order chi connectivity index (χ0) is 23.1. The fourth-order valence-corrected chi connectivity index (χ4v) is 3.14. The monoisotopic (exact) mass is 496 g/mol. The van der Waals surface area contributed by atoms with Crippen LogP contribution >= 0.6 is 15.9 Å². The number of aryl methyl sites for hydroxylation is 1. The third-order valence-corrected chi connectivity index (χ3v) is 4.97. The maximum absolute atomic E-state index is 12.5. The molecule has 164 valence electrons. The van der Waals surface area contributed by atoms with E-state index in [4.69, 9.17) is 14.2 Å². The van der Waals surface area contributed by atoms with Gasteiger partial charge < -0.3 is 14.2 Å². The number of carbonyl (C=O) groups excluding carboxylic acids is 2. The van der Waals surface area contributed by atoms with E-state index in [9.17, 15) is 9.59 Å². The van der Waals surface area contributed by atoms with Gasteiger partial charge in [-0.1, -0.05) is 33.6 Å². The SMILES string of the molecule is COc1ccc(C(=O)N/N=C/c2cc(Br)ccc2OC(=O)c2ccc(C)cc2)cc1OC. The molecule has 0 saturated carbocycles. The van der Waals surface area contributed by atoms with E-state index in [1.807, 2.05) is 19.1 Å². The molecule has 8 heteroatoms. The summed E-state index contributed by atoms with van der Waals surface area (Å²) in [5.74, 6) is 0.331. The molecule has 3 aromatic carbocycles. The van der Waals surface area contributed by atoms with Gasteiger partial charge in [0, 0.05) is 15.6 Å². The van der Waals surface area contributed by atoms with E-state index >= 15 is 0 Å². The number of carbonyl (C=O) groups is 2. The van der Waals surface area contributed by atoms with Gasteiger partial charge in [0.25, 0.3) is 5.91 Å². The molecule has 0 heterocycles. The summed E-state index contributed by atoms with van der Waals surface area (Å²) >= 11 is 3.39. The normalized spacial score (nSPS) is 10.6. The lowest BCUT2D eigenvalue weighted by molar-refractivity contribution is 0.0734. The topological polar surface area (TPSA) is 86.2 Å². The van der Waals surface area contributed by atoms with Crippen molar-refractivity contribution in [1.82, 2.24) is 5.43 Å². The van der Waals surface area contributed by atoms with Crippen LogP contribution in [0, 0.1) is 6.92 Å². The first-order valence-electron chi connectivity index (χ1n) is 9.55. The van der Waals surface area contributed by atoms with Crippen molar-refractivity contribution in [2.75, 3.05) is 14.2 Å². The summed E-state index contributed by atoms with van der Waals surface area (Å²) in [7, 11) is 3.01. The maximum atomic E-state index is 12.5. The van der Waals surface area contributed by atoms with Gasteiger partial charge in [0.05, 0.1) is 26.0 Å². The highest BCUT2D eigenvalue weighted by atomic mass is 79.9. The molecule has 3 aromatic rings. The number of methoxy groups -OCH3 is 2. The summed E-state index contributed by atoms with van der Waals surface area (Å²) in [5, 5.41) is 4.00. The molecule has 0 radical (unpaired) electrons. The minimum atomic E-state index is -0.490. The van der Waals surface area contributed by atoms with Gasteiger partial charge in [0.15, 0.2) is 11.5 Å². The van der Waals surface area contributed by atoms with E-state index in [1.54, 1.807) is 48.5 Å². The molecule has 7 nitrogen and oxygen atoms in total. The molecule has 1 N–H and O–H groups in total. The molecule has 0 fully saturated rings. The Balaban J connectivity index is 1.74. The summed E-state index contributed by atoms with van der Waals surface area (Å²) in [5.41, 5.74) is 4.78. The molecule has 0 aromatic heterocycles. The molecular weight excluding hydrogens is 476 g/mol. The molecule has 0 aliphatic rings. The highest BCUT2D eigenvalue weighted by Gasteiger charge is 2.13. The Kier molecular flexibility index (Phi) is 7.62. The standard InChI is InChI=1S/C24H21BrN2O5/c1-15-4-6-16(7-5-15)24(29)32-20-11-9-19(25)12-18(20)14-26-27-23(28)17-8-10-21(30-2)22(13-17)31-3/h4-14H,1-3H3,(H,27,28)/b26-14+. The van der Waals surface area contributed by atoms with E-state index in [0.717, 1.165) is 10.0 Å². The average Bonchev–Trinajstić information content (AvgIpc) is 2.80. The number of hydrogen-bond acceptors (Lipinski definition) is 6. The molecule has 0 aliphatic heterocycles. The lowest BCUT2D eigenvalue weighted by atomic mass is 10.1. The van der Waals surface area contributed by atoms with Crippen LogP contribution in [0.3, 0.4) is 0 Å². The van der Waals surface area contributed by atoms with Crippen LogP contribution in [-0.4, -0.2) is 32.3 Å². The second-order valence-electron chi connectivity index (χ2n) is 6.71. The number of amides is 1. The second-order valence-corrected chi connectivity index (χ2v) is 7.62. The first-order chi connectivity index (χ1) is 15.4. The fourth-order valence-electron chi connectivity index (χ4n) is 2.76.